The first-order chi connectivity index (χ1) is 5.49. The van der Waals surface area contributed by atoms with E-state index >= 15 is 0 Å². The van der Waals surface area contributed by atoms with Crippen molar-refractivity contribution in [1.29, 1.82) is 0 Å². The molecule has 0 radical (unpaired) electrons. The molecule has 4 nitrogen and oxygen atoms in total. The van der Waals surface area contributed by atoms with Crippen LogP contribution in [0.3, 0.4) is 0 Å². The van der Waals surface area contributed by atoms with Crippen LogP contribution in [0.25, 0.3) is 0 Å². The lowest BCUT2D eigenvalue weighted by Gasteiger charge is -2.12. The molecule has 0 aromatic heterocycles. The molecule has 0 aromatic rings. The standard InChI is InChI=1S/C7H16O4S/c1-3-4-5-7(11-2)6-12(8,9)10/h7H,3-6H2,1-2H3,(H,8,9,10). The van der Waals surface area contributed by atoms with Crippen molar-refractivity contribution in [1.82, 2.24) is 0 Å². The second-order valence-electron chi connectivity index (χ2n) is 2.75. The van der Waals surface area contributed by atoms with Gasteiger partial charge in [0.1, 0.15) is 5.75 Å². The summed E-state index contributed by atoms with van der Waals surface area (Å²) in [5, 5.41) is 0. The van der Waals surface area contributed by atoms with Gasteiger partial charge in [0.15, 0.2) is 0 Å². The lowest BCUT2D eigenvalue weighted by Crippen LogP contribution is -2.22. The second kappa shape index (κ2) is 5.50. The van der Waals surface area contributed by atoms with E-state index in [4.69, 9.17) is 9.29 Å². The maximum Gasteiger partial charge on any atom is 0.267 e. The summed E-state index contributed by atoms with van der Waals surface area (Å²) in [5.74, 6) is -0.302. The molecule has 0 saturated heterocycles. The van der Waals surface area contributed by atoms with Crippen molar-refractivity contribution >= 4 is 10.1 Å². The number of hydrogen-bond donors (Lipinski definition) is 1. The van der Waals surface area contributed by atoms with Gasteiger partial charge >= 0.3 is 0 Å². The highest BCUT2D eigenvalue weighted by molar-refractivity contribution is 7.85. The third-order valence-corrected chi connectivity index (χ3v) is 2.40. The van der Waals surface area contributed by atoms with Crippen LogP contribution in [0.5, 0.6) is 0 Å². The molecule has 1 N–H and O–H groups in total. The molecule has 0 aliphatic heterocycles. The molecule has 0 amide bonds. The van der Waals surface area contributed by atoms with Crippen molar-refractivity contribution in [3.8, 4) is 0 Å². The zero-order valence-corrected chi connectivity index (χ0v) is 8.30. The fraction of sp³-hybridized carbons (Fsp3) is 1.00. The average molecular weight is 196 g/mol. The van der Waals surface area contributed by atoms with Crippen LogP contribution < -0.4 is 0 Å². The van der Waals surface area contributed by atoms with Gasteiger partial charge < -0.3 is 4.74 Å². The van der Waals surface area contributed by atoms with Gasteiger partial charge in [0.25, 0.3) is 10.1 Å². The molecule has 5 heteroatoms. The smallest absolute Gasteiger partial charge is 0.267 e. The second-order valence-corrected chi connectivity index (χ2v) is 4.25. The minimum Gasteiger partial charge on any atom is -0.380 e. The molecule has 0 aliphatic rings. The zero-order chi connectivity index (χ0) is 9.61. The summed E-state index contributed by atoms with van der Waals surface area (Å²) in [6.07, 6.45) is 2.20. The molecule has 0 saturated carbocycles. The number of methoxy groups -OCH3 is 1. The SMILES string of the molecule is CCCCC(CS(=O)(=O)O)OC. The first kappa shape index (κ1) is 11.9. The van der Waals surface area contributed by atoms with Gasteiger partial charge in [0.05, 0.1) is 6.10 Å². The quantitative estimate of drug-likeness (QED) is 0.646. The molecular formula is C7H16O4S. The van der Waals surface area contributed by atoms with Crippen molar-refractivity contribution in [2.75, 3.05) is 12.9 Å². The molecule has 0 fully saturated rings. The largest absolute Gasteiger partial charge is 0.380 e. The van der Waals surface area contributed by atoms with E-state index in [1.54, 1.807) is 0 Å². The van der Waals surface area contributed by atoms with E-state index < -0.39 is 10.1 Å². The molecule has 12 heavy (non-hydrogen) atoms. The molecule has 0 spiro atoms. The van der Waals surface area contributed by atoms with Gasteiger partial charge in [-0.15, -0.1) is 0 Å². The Hall–Kier alpha value is -0.130. The Kier molecular flexibility index (Phi) is 5.44. The van der Waals surface area contributed by atoms with Crippen LogP contribution in [0, 0.1) is 0 Å². The van der Waals surface area contributed by atoms with E-state index in [2.05, 4.69) is 0 Å². The summed E-state index contributed by atoms with van der Waals surface area (Å²) in [6, 6.07) is 0. The van der Waals surface area contributed by atoms with Crippen LogP contribution in [0.4, 0.5) is 0 Å². The van der Waals surface area contributed by atoms with Crippen LogP contribution in [-0.2, 0) is 14.9 Å². The van der Waals surface area contributed by atoms with E-state index in [1.807, 2.05) is 6.92 Å². The van der Waals surface area contributed by atoms with Crippen LogP contribution in [0.15, 0.2) is 0 Å². The number of ether oxygens (including phenoxy) is 1. The van der Waals surface area contributed by atoms with E-state index in [0.29, 0.717) is 6.42 Å². The Balaban J connectivity index is 3.83. The zero-order valence-electron chi connectivity index (χ0n) is 7.49. The Morgan fingerprint density at radius 1 is 1.50 bits per heavy atom. The molecule has 0 bridgehead atoms. The van der Waals surface area contributed by atoms with Gasteiger partial charge in [-0.3, -0.25) is 4.55 Å². The van der Waals surface area contributed by atoms with Gasteiger partial charge in [0.2, 0.25) is 0 Å². The molecule has 0 aromatic carbocycles. The summed E-state index contributed by atoms with van der Waals surface area (Å²) in [4.78, 5) is 0. The van der Waals surface area contributed by atoms with Crippen LogP contribution in [-0.4, -0.2) is 31.9 Å². The fourth-order valence-electron chi connectivity index (χ4n) is 0.936. The van der Waals surface area contributed by atoms with Crippen molar-refractivity contribution in [2.45, 2.75) is 32.3 Å². The predicted octanol–water partition coefficient (Wildman–Crippen LogP) is 1.08. The molecule has 0 heterocycles. The van der Waals surface area contributed by atoms with Gasteiger partial charge in [-0.1, -0.05) is 19.8 Å². The van der Waals surface area contributed by atoms with Crippen LogP contribution in [0.1, 0.15) is 26.2 Å². The normalized spacial score (nSPS) is 14.6. The number of unbranched alkanes of at least 4 members (excludes halogenated alkanes) is 1. The van der Waals surface area contributed by atoms with Crippen molar-refractivity contribution in [3.63, 3.8) is 0 Å². The fourth-order valence-corrected chi connectivity index (χ4v) is 1.71. The summed E-state index contributed by atoms with van der Waals surface area (Å²) < 4.78 is 34.3. The molecular weight excluding hydrogens is 180 g/mol. The Labute approximate surface area is 73.7 Å². The van der Waals surface area contributed by atoms with E-state index in [0.717, 1.165) is 12.8 Å². The minimum atomic E-state index is -3.89. The monoisotopic (exact) mass is 196 g/mol. The van der Waals surface area contributed by atoms with Crippen LogP contribution >= 0.6 is 0 Å². The number of rotatable bonds is 6. The first-order valence-electron chi connectivity index (χ1n) is 3.97. The Morgan fingerprint density at radius 3 is 2.42 bits per heavy atom. The highest BCUT2D eigenvalue weighted by atomic mass is 32.2. The Bertz CT molecular complexity index is 197. The maximum absolute atomic E-state index is 10.4. The van der Waals surface area contributed by atoms with Crippen molar-refractivity contribution in [3.05, 3.63) is 0 Å². The summed E-state index contributed by atoms with van der Waals surface area (Å²) in [6.45, 7) is 2.01. The summed E-state index contributed by atoms with van der Waals surface area (Å²) >= 11 is 0. The highest BCUT2D eigenvalue weighted by Gasteiger charge is 2.15. The van der Waals surface area contributed by atoms with Crippen LogP contribution in [0.2, 0.25) is 0 Å². The third kappa shape index (κ3) is 6.57. The predicted molar refractivity (Wildman–Crippen MR) is 46.7 cm³/mol. The van der Waals surface area contributed by atoms with Crippen molar-refractivity contribution in [2.24, 2.45) is 0 Å². The van der Waals surface area contributed by atoms with E-state index in [1.165, 1.54) is 7.11 Å². The lowest BCUT2D eigenvalue weighted by molar-refractivity contribution is 0.110. The lowest BCUT2D eigenvalue weighted by atomic mass is 10.2. The van der Waals surface area contributed by atoms with Gasteiger partial charge in [-0.2, -0.15) is 8.42 Å². The van der Waals surface area contributed by atoms with Gasteiger partial charge in [0, 0.05) is 7.11 Å². The van der Waals surface area contributed by atoms with E-state index in [9.17, 15) is 8.42 Å². The van der Waals surface area contributed by atoms with E-state index in [-0.39, 0.29) is 11.9 Å². The molecule has 1 atom stereocenters. The Morgan fingerprint density at radius 2 is 2.08 bits per heavy atom. The summed E-state index contributed by atoms with van der Waals surface area (Å²) in [7, 11) is -2.44. The van der Waals surface area contributed by atoms with Gasteiger partial charge in [-0.05, 0) is 6.42 Å². The maximum atomic E-state index is 10.4. The molecule has 0 rings (SSSR count). The third-order valence-electron chi connectivity index (χ3n) is 1.61. The topological polar surface area (TPSA) is 63.6 Å². The number of hydrogen-bond acceptors (Lipinski definition) is 3. The first-order valence-corrected chi connectivity index (χ1v) is 5.58. The summed E-state index contributed by atoms with van der Waals surface area (Å²) in [5.41, 5.74) is 0. The molecule has 1 unspecified atom stereocenters. The molecule has 74 valence electrons. The van der Waals surface area contributed by atoms with Crippen molar-refractivity contribution < 1.29 is 17.7 Å². The minimum absolute atomic E-state index is 0.302. The highest BCUT2D eigenvalue weighted by Crippen LogP contribution is 2.05. The van der Waals surface area contributed by atoms with Gasteiger partial charge in [-0.25, -0.2) is 0 Å². The molecule has 0 aliphatic carbocycles. The average Bonchev–Trinajstić information content (AvgIpc) is 1.95.